The Morgan fingerprint density at radius 2 is 1.93 bits per heavy atom. The van der Waals surface area contributed by atoms with E-state index in [1.165, 1.54) is 27.4 Å². The molecule has 1 amide bonds. The molecule has 1 heterocycles. The Hall–Kier alpha value is -1.47. The van der Waals surface area contributed by atoms with Crippen LogP contribution in [0.15, 0.2) is 11.2 Å². The molecule has 0 saturated heterocycles. The predicted molar refractivity (Wildman–Crippen MR) is 102 cm³/mol. The van der Waals surface area contributed by atoms with Crippen LogP contribution in [-0.2, 0) is 20.6 Å². The molecule has 3 N–H and O–H groups in total. The Labute approximate surface area is 165 Å². The van der Waals surface area contributed by atoms with E-state index in [1.807, 2.05) is 6.92 Å². The summed E-state index contributed by atoms with van der Waals surface area (Å²) in [5.74, 6) is -0.188. The molecule has 1 aromatic rings. The monoisotopic (exact) mass is 422 g/mol. The van der Waals surface area contributed by atoms with Crippen molar-refractivity contribution in [2.24, 2.45) is 0 Å². The fraction of sp³-hybridized carbons (Fsp3) is 0.667. The zero-order chi connectivity index (χ0) is 20.4. The number of hydrogen-bond acceptors (Lipinski definition) is 9. The number of rotatable bonds is 12. The van der Waals surface area contributed by atoms with Crippen LogP contribution in [0, 0.1) is 0 Å². The molecule has 0 aromatic carbocycles. The summed E-state index contributed by atoms with van der Waals surface area (Å²) in [5, 5.41) is -0.728. The lowest BCUT2D eigenvalue weighted by Gasteiger charge is -2.33. The minimum Gasteiger partial charge on any atom is -0.481 e. The summed E-state index contributed by atoms with van der Waals surface area (Å²) in [5.41, 5.74) is 4.12. The van der Waals surface area contributed by atoms with E-state index < -0.39 is 27.8 Å². The van der Waals surface area contributed by atoms with Gasteiger partial charge in [0, 0.05) is 13.7 Å². The highest BCUT2D eigenvalue weighted by Gasteiger charge is 2.42. The summed E-state index contributed by atoms with van der Waals surface area (Å²) in [6.45, 7) is 4.10. The van der Waals surface area contributed by atoms with Crippen LogP contribution < -0.4 is 20.3 Å². The second kappa shape index (κ2) is 11.4. The molecule has 0 radical (unpaired) electrons. The fourth-order valence-corrected chi connectivity index (χ4v) is 4.00. The minimum atomic E-state index is -2.18. The van der Waals surface area contributed by atoms with Crippen LogP contribution in [0.1, 0.15) is 20.3 Å². The molecule has 0 saturated carbocycles. The van der Waals surface area contributed by atoms with Crippen molar-refractivity contribution in [1.29, 1.82) is 0 Å². The first kappa shape index (κ1) is 23.6. The number of methoxy groups -OCH3 is 3. The Morgan fingerprint density at radius 3 is 2.37 bits per heavy atom. The van der Waals surface area contributed by atoms with E-state index >= 15 is 0 Å². The van der Waals surface area contributed by atoms with Gasteiger partial charge in [-0.2, -0.15) is 9.97 Å². The van der Waals surface area contributed by atoms with E-state index in [0.29, 0.717) is 6.54 Å². The van der Waals surface area contributed by atoms with Gasteiger partial charge in [0.25, 0.3) is 5.91 Å². The number of hydrogen-bond donors (Lipinski definition) is 3. The highest BCUT2D eigenvalue weighted by atomic mass is 32.2. The molecule has 0 aliphatic carbocycles. The average Bonchev–Trinajstić information content (AvgIpc) is 2.65. The van der Waals surface area contributed by atoms with Gasteiger partial charge in [0.2, 0.25) is 11.8 Å². The minimum absolute atomic E-state index is 0.203. The fourth-order valence-electron chi connectivity index (χ4n) is 2.03. The molecule has 1 rings (SSSR count). The van der Waals surface area contributed by atoms with Crippen LogP contribution in [-0.4, -0.2) is 69.1 Å². The standard InChI is InChI=1S/C15H26N4O6S2/c1-6-7-16-19-13(20)12(15(2,25-5)9-27(21)22)26-14-17-10(23-3)8-11(18-14)24-4/h8,12,16H,6-7,9H2,1-5H3,(H,19,20)(H,21,22). The lowest BCUT2D eigenvalue weighted by atomic mass is 10.0. The van der Waals surface area contributed by atoms with Crippen molar-refractivity contribution in [2.75, 3.05) is 33.6 Å². The van der Waals surface area contributed by atoms with E-state index in [-0.39, 0.29) is 22.7 Å². The first-order valence-corrected chi connectivity index (χ1v) is 10.2. The predicted octanol–water partition coefficient (Wildman–Crippen LogP) is 0.612. The SMILES string of the molecule is CCCNNC(=O)C(Sc1nc(OC)cc(OC)n1)C(C)(CS(=O)O)OC. The van der Waals surface area contributed by atoms with Gasteiger partial charge in [0.05, 0.1) is 31.6 Å². The number of carbonyl (C=O) groups excluding carboxylic acids is 1. The summed E-state index contributed by atoms with van der Waals surface area (Å²) in [6.07, 6.45) is 0.816. The van der Waals surface area contributed by atoms with Crippen LogP contribution in [0.2, 0.25) is 0 Å². The number of nitrogens with zero attached hydrogens (tertiary/aromatic N) is 2. The molecule has 1 aromatic heterocycles. The van der Waals surface area contributed by atoms with Crippen molar-refractivity contribution in [3.8, 4) is 11.8 Å². The van der Waals surface area contributed by atoms with E-state index in [1.54, 1.807) is 6.92 Å². The van der Waals surface area contributed by atoms with Crippen molar-refractivity contribution in [2.45, 2.75) is 36.3 Å². The summed E-state index contributed by atoms with van der Waals surface area (Å²) in [4.78, 5) is 21.1. The van der Waals surface area contributed by atoms with Gasteiger partial charge < -0.3 is 18.8 Å². The molecule has 3 unspecified atom stereocenters. The molecule has 0 aliphatic heterocycles. The van der Waals surface area contributed by atoms with Gasteiger partial charge in [0.1, 0.15) is 5.25 Å². The van der Waals surface area contributed by atoms with Crippen LogP contribution in [0.5, 0.6) is 11.8 Å². The topological polar surface area (TPSA) is 132 Å². The first-order valence-electron chi connectivity index (χ1n) is 8.08. The Bertz CT molecular complexity index is 628. The Balaban J connectivity index is 3.20. The number of hydrazine groups is 1. The zero-order valence-corrected chi connectivity index (χ0v) is 17.6. The lowest BCUT2D eigenvalue weighted by molar-refractivity contribution is -0.126. The highest BCUT2D eigenvalue weighted by Crippen LogP contribution is 2.33. The molecule has 10 nitrogen and oxygen atoms in total. The maximum Gasteiger partial charge on any atom is 0.250 e. The van der Waals surface area contributed by atoms with Gasteiger partial charge in [-0.15, -0.1) is 0 Å². The highest BCUT2D eigenvalue weighted by molar-refractivity contribution is 8.00. The van der Waals surface area contributed by atoms with Gasteiger partial charge >= 0.3 is 0 Å². The number of amides is 1. The van der Waals surface area contributed by atoms with Gasteiger partial charge in [-0.25, -0.2) is 9.63 Å². The third-order valence-corrected chi connectivity index (χ3v) is 5.72. The number of aromatic nitrogens is 2. The smallest absolute Gasteiger partial charge is 0.250 e. The van der Waals surface area contributed by atoms with Crippen molar-refractivity contribution in [3.63, 3.8) is 0 Å². The second-order valence-corrected chi connectivity index (χ2v) is 7.64. The molecule has 27 heavy (non-hydrogen) atoms. The Kier molecular flexibility index (Phi) is 9.94. The third-order valence-electron chi connectivity index (χ3n) is 3.56. The maximum absolute atomic E-state index is 12.7. The van der Waals surface area contributed by atoms with Crippen LogP contribution in [0.3, 0.4) is 0 Å². The van der Waals surface area contributed by atoms with Gasteiger partial charge in [0.15, 0.2) is 16.2 Å². The zero-order valence-electron chi connectivity index (χ0n) is 16.0. The summed E-state index contributed by atoms with van der Waals surface area (Å²) in [7, 11) is 4.27. The van der Waals surface area contributed by atoms with E-state index in [0.717, 1.165) is 18.2 Å². The van der Waals surface area contributed by atoms with E-state index in [9.17, 15) is 13.6 Å². The van der Waals surface area contributed by atoms with Crippen LogP contribution >= 0.6 is 11.8 Å². The van der Waals surface area contributed by atoms with Gasteiger partial charge in [-0.05, 0) is 13.3 Å². The number of ether oxygens (including phenoxy) is 3. The maximum atomic E-state index is 12.7. The molecule has 0 fully saturated rings. The van der Waals surface area contributed by atoms with E-state index in [2.05, 4.69) is 20.8 Å². The van der Waals surface area contributed by atoms with Crippen LogP contribution in [0.4, 0.5) is 0 Å². The third kappa shape index (κ3) is 7.22. The second-order valence-electron chi connectivity index (χ2n) is 5.63. The van der Waals surface area contributed by atoms with Crippen molar-refractivity contribution < 1.29 is 27.8 Å². The van der Waals surface area contributed by atoms with Gasteiger partial charge in [-0.1, -0.05) is 18.7 Å². The average molecular weight is 423 g/mol. The quantitative estimate of drug-likeness (QED) is 0.145. The summed E-state index contributed by atoms with van der Waals surface area (Å²) in [6, 6.07) is 1.50. The molecule has 0 bridgehead atoms. The lowest BCUT2D eigenvalue weighted by Crippen LogP contribution is -2.54. The van der Waals surface area contributed by atoms with Gasteiger partial charge in [-0.3, -0.25) is 10.2 Å². The Morgan fingerprint density at radius 1 is 1.33 bits per heavy atom. The summed E-state index contributed by atoms with van der Waals surface area (Å²) < 4.78 is 36.5. The van der Waals surface area contributed by atoms with Crippen LogP contribution in [0.25, 0.3) is 0 Å². The first-order chi connectivity index (χ1) is 12.8. The molecule has 12 heteroatoms. The normalized spacial score (nSPS) is 15.5. The van der Waals surface area contributed by atoms with Crippen molar-refractivity contribution in [1.82, 2.24) is 20.8 Å². The van der Waals surface area contributed by atoms with E-state index in [4.69, 9.17) is 14.2 Å². The van der Waals surface area contributed by atoms with Crippen molar-refractivity contribution >= 4 is 28.7 Å². The van der Waals surface area contributed by atoms with Crippen molar-refractivity contribution in [3.05, 3.63) is 6.07 Å². The molecular formula is C15H26N4O6S2. The largest absolute Gasteiger partial charge is 0.481 e. The number of thioether (sulfide) groups is 1. The molecule has 3 atom stereocenters. The molecular weight excluding hydrogens is 396 g/mol. The number of nitrogens with one attached hydrogen (secondary N) is 2. The number of carbonyl (C=O) groups is 1. The molecule has 0 aliphatic rings. The molecule has 154 valence electrons. The summed E-state index contributed by atoms with van der Waals surface area (Å²) >= 11 is -1.20. The molecule has 0 spiro atoms.